The molecule has 0 aromatic heterocycles. The summed E-state index contributed by atoms with van der Waals surface area (Å²) in [4.78, 5) is 14.8. The Morgan fingerprint density at radius 3 is 2.52 bits per heavy atom. The summed E-state index contributed by atoms with van der Waals surface area (Å²) < 4.78 is 42.3. The van der Waals surface area contributed by atoms with E-state index in [-0.39, 0.29) is 18.6 Å². The Morgan fingerprint density at radius 2 is 1.73 bits per heavy atom. The molecule has 0 unspecified atom stereocenters. The fraction of sp³-hybridized carbons (Fsp3) is 0.600. The molecule has 3 aliphatic heterocycles. The average molecular weight is 473 g/mol. The van der Waals surface area contributed by atoms with Crippen LogP contribution in [-0.2, 0) is 19.6 Å². The summed E-state index contributed by atoms with van der Waals surface area (Å²) >= 11 is 0. The highest BCUT2D eigenvalue weighted by Crippen LogP contribution is 2.39. The fourth-order valence-electron chi connectivity index (χ4n) is 5.54. The van der Waals surface area contributed by atoms with E-state index in [2.05, 4.69) is 10.5 Å². The van der Waals surface area contributed by atoms with Crippen LogP contribution in [0.4, 0.5) is 0 Å². The fourth-order valence-corrected chi connectivity index (χ4v) is 7.11. The summed E-state index contributed by atoms with van der Waals surface area (Å²) in [6, 6.07) is 7.97. The number of amides is 1. The van der Waals surface area contributed by atoms with Gasteiger partial charge in [0.1, 0.15) is 17.7 Å². The number of hydrogen-bond acceptors (Lipinski definition) is 5. The third-order valence-corrected chi connectivity index (χ3v) is 9.19. The molecule has 3 fully saturated rings. The number of ether oxygens (including phenoxy) is 2. The molecule has 1 aromatic carbocycles. The van der Waals surface area contributed by atoms with E-state index in [1.807, 2.05) is 18.2 Å². The highest BCUT2D eigenvalue weighted by Gasteiger charge is 2.34. The van der Waals surface area contributed by atoms with E-state index in [4.69, 9.17) is 9.47 Å². The first-order chi connectivity index (χ1) is 16.0. The third kappa shape index (κ3) is 4.81. The first-order valence-corrected chi connectivity index (χ1v) is 13.7. The van der Waals surface area contributed by atoms with Gasteiger partial charge in [-0.1, -0.05) is 31.0 Å². The smallest absolute Gasteiger partial charge is 0.265 e. The molecule has 0 radical (unpaired) electrons. The van der Waals surface area contributed by atoms with Gasteiger partial charge >= 0.3 is 0 Å². The molecular formula is C25H32N2O5S. The van der Waals surface area contributed by atoms with Gasteiger partial charge in [0.05, 0.1) is 17.1 Å². The van der Waals surface area contributed by atoms with Gasteiger partial charge in [0.15, 0.2) is 6.61 Å². The Labute approximate surface area is 195 Å². The molecule has 0 atom stereocenters. The van der Waals surface area contributed by atoms with E-state index in [1.165, 1.54) is 0 Å². The highest BCUT2D eigenvalue weighted by molar-refractivity contribution is 7.90. The van der Waals surface area contributed by atoms with E-state index in [0.717, 1.165) is 49.8 Å². The van der Waals surface area contributed by atoms with Crippen molar-refractivity contribution in [2.24, 2.45) is 4.40 Å². The SMILES string of the molecule is O=C1COc2ccccc2C2CCC(CC2)O/C=C2/C(=N/S(=O)(=O)C3CCCC3)CCCN12. The minimum Gasteiger partial charge on any atom is -0.496 e. The Bertz CT molecular complexity index is 1050. The zero-order valence-electron chi connectivity index (χ0n) is 18.9. The van der Waals surface area contributed by atoms with Crippen molar-refractivity contribution < 1.29 is 22.7 Å². The molecule has 2 saturated carbocycles. The zero-order valence-corrected chi connectivity index (χ0v) is 19.8. The number of fused-ring (bicyclic) bond motifs is 5. The molecule has 8 heteroatoms. The van der Waals surface area contributed by atoms with Gasteiger partial charge < -0.3 is 14.4 Å². The van der Waals surface area contributed by atoms with Crippen LogP contribution in [0.5, 0.6) is 5.75 Å². The molecule has 5 aliphatic rings. The first kappa shape index (κ1) is 22.4. The Kier molecular flexibility index (Phi) is 6.45. The maximum atomic E-state index is 13.2. The van der Waals surface area contributed by atoms with Crippen LogP contribution in [-0.4, -0.2) is 49.4 Å². The molecule has 33 heavy (non-hydrogen) atoms. The van der Waals surface area contributed by atoms with E-state index >= 15 is 0 Å². The number of benzene rings is 1. The van der Waals surface area contributed by atoms with Gasteiger partial charge in [-0.3, -0.25) is 4.79 Å². The topological polar surface area (TPSA) is 85.3 Å². The molecule has 6 rings (SSSR count). The lowest BCUT2D eigenvalue weighted by atomic mass is 9.82. The highest BCUT2D eigenvalue weighted by atomic mass is 32.2. The molecule has 0 N–H and O–H groups in total. The Balaban J connectivity index is 1.48. The molecule has 1 amide bonds. The van der Waals surface area contributed by atoms with Crippen LogP contribution in [0.25, 0.3) is 0 Å². The molecule has 0 spiro atoms. The summed E-state index contributed by atoms with van der Waals surface area (Å²) in [7, 11) is -3.61. The van der Waals surface area contributed by atoms with Gasteiger partial charge in [-0.2, -0.15) is 4.40 Å². The van der Waals surface area contributed by atoms with Crippen LogP contribution in [0.1, 0.15) is 75.7 Å². The summed E-state index contributed by atoms with van der Waals surface area (Å²) in [6.45, 7) is 0.391. The molecule has 1 saturated heterocycles. The van der Waals surface area contributed by atoms with E-state index < -0.39 is 15.3 Å². The lowest BCUT2D eigenvalue weighted by Gasteiger charge is -2.31. The second kappa shape index (κ2) is 9.49. The lowest BCUT2D eigenvalue weighted by Crippen LogP contribution is -2.41. The number of rotatable bonds is 2. The van der Waals surface area contributed by atoms with Crippen molar-refractivity contribution in [2.45, 2.75) is 81.5 Å². The van der Waals surface area contributed by atoms with Crippen molar-refractivity contribution in [3.63, 3.8) is 0 Å². The van der Waals surface area contributed by atoms with Crippen molar-refractivity contribution in [2.75, 3.05) is 13.2 Å². The normalized spacial score (nSPS) is 29.6. The van der Waals surface area contributed by atoms with E-state index in [1.54, 1.807) is 11.2 Å². The van der Waals surface area contributed by atoms with Crippen LogP contribution in [0.3, 0.4) is 0 Å². The maximum absolute atomic E-state index is 13.2. The van der Waals surface area contributed by atoms with Crippen LogP contribution in [0, 0.1) is 0 Å². The molecule has 7 nitrogen and oxygen atoms in total. The average Bonchev–Trinajstić information content (AvgIpc) is 3.38. The number of carbonyl (C=O) groups is 1. The van der Waals surface area contributed by atoms with Crippen molar-refractivity contribution >= 4 is 21.6 Å². The monoisotopic (exact) mass is 472 g/mol. The lowest BCUT2D eigenvalue weighted by molar-refractivity contribution is -0.131. The predicted molar refractivity (Wildman–Crippen MR) is 126 cm³/mol. The maximum Gasteiger partial charge on any atom is 0.265 e. The summed E-state index contributed by atoms with van der Waals surface area (Å²) in [5, 5.41) is -0.414. The number of allylic oxidation sites excluding steroid dienone is 1. The number of piperidine rings is 1. The first-order valence-electron chi connectivity index (χ1n) is 12.2. The van der Waals surface area contributed by atoms with Crippen LogP contribution in [0.15, 0.2) is 40.6 Å². The molecule has 178 valence electrons. The second-order valence-electron chi connectivity index (χ2n) is 9.55. The molecule has 3 heterocycles. The van der Waals surface area contributed by atoms with Crippen molar-refractivity contribution in [1.82, 2.24) is 4.90 Å². The van der Waals surface area contributed by atoms with Crippen molar-refractivity contribution in [1.29, 1.82) is 0 Å². The number of nitrogens with zero attached hydrogens (tertiary/aromatic N) is 2. The van der Waals surface area contributed by atoms with Crippen molar-refractivity contribution in [3.8, 4) is 5.75 Å². The van der Waals surface area contributed by atoms with Gasteiger partial charge in [-0.15, -0.1) is 0 Å². The summed E-state index contributed by atoms with van der Waals surface area (Å²) in [6.07, 6.45) is 9.77. The van der Waals surface area contributed by atoms with E-state index in [9.17, 15) is 13.2 Å². The van der Waals surface area contributed by atoms with Crippen LogP contribution >= 0.6 is 0 Å². The summed E-state index contributed by atoms with van der Waals surface area (Å²) in [5.41, 5.74) is 2.07. The minimum atomic E-state index is -3.61. The predicted octanol–water partition coefficient (Wildman–Crippen LogP) is 4.30. The van der Waals surface area contributed by atoms with E-state index in [0.29, 0.717) is 49.6 Å². The Morgan fingerprint density at radius 1 is 0.970 bits per heavy atom. The van der Waals surface area contributed by atoms with Crippen LogP contribution in [0.2, 0.25) is 0 Å². The number of para-hydroxylation sites is 1. The standard InChI is InChI=1S/C25H32N2O5S/c28-25-17-32-24-10-4-3-8-21(24)18-11-13-19(14-12-18)31-16-23-22(9-5-15-27(23)25)26-33(29,30)20-6-1-2-7-20/h3-4,8,10,16,18-20H,1-2,5-7,9,11-15,17H2/b23-16-,26-22+. The molecule has 2 aliphatic carbocycles. The quantitative estimate of drug-likeness (QED) is 0.641. The molecular weight excluding hydrogens is 440 g/mol. The Hall–Kier alpha value is -2.35. The van der Waals surface area contributed by atoms with Crippen LogP contribution < -0.4 is 4.74 Å². The number of hydrogen-bond donors (Lipinski definition) is 0. The minimum absolute atomic E-state index is 0.0501. The van der Waals surface area contributed by atoms with Gasteiger partial charge in [0.25, 0.3) is 15.9 Å². The molecule has 1 aromatic rings. The molecule has 2 bridgehead atoms. The second-order valence-corrected chi connectivity index (χ2v) is 11.4. The van der Waals surface area contributed by atoms with Gasteiger partial charge in [-0.05, 0) is 68.9 Å². The van der Waals surface area contributed by atoms with Gasteiger partial charge in [0.2, 0.25) is 0 Å². The third-order valence-electron chi connectivity index (χ3n) is 7.40. The summed E-state index contributed by atoms with van der Waals surface area (Å²) in [5.74, 6) is 0.937. The number of carbonyl (C=O) groups excluding carboxylic acids is 1. The van der Waals surface area contributed by atoms with Crippen molar-refractivity contribution in [3.05, 3.63) is 41.8 Å². The zero-order chi connectivity index (χ0) is 22.8. The number of sulfonamides is 1. The van der Waals surface area contributed by atoms with Gasteiger partial charge in [-0.25, -0.2) is 8.42 Å². The van der Waals surface area contributed by atoms with Gasteiger partial charge in [0, 0.05) is 6.54 Å². The largest absolute Gasteiger partial charge is 0.496 e.